The predicted molar refractivity (Wildman–Crippen MR) is 73.7 cm³/mol. The van der Waals surface area contributed by atoms with Gasteiger partial charge in [-0.1, -0.05) is 0 Å². The molecule has 0 aliphatic heterocycles. The molecule has 8 heteroatoms. The van der Waals surface area contributed by atoms with Crippen LogP contribution in [0.15, 0.2) is 22.8 Å². The Morgan fingerprint density at radius 1 is 1.47 bits per heavy atom. The van der Waals surface area contributed by atoms with E-state index in [2.05, 4.69) is 30.6 Å². The molecular weight excluding hydrogens is 334 g/mol. The highest BCUT2D eigenvalue weighted by molar-refractivity contribution is 9.10. The number of pyridine rings is 1. The number of aromatic nitrogens is 2. The maximum absolute atomic E-state index is 12.0. The van der Waals surface area contributed by atoms with Crippen molar-refractivity contribution in [2.24, 2.45) is 0 Å². The molecule has 6 nitrogen and oxygen atoms in total. The van der Waals surface area contributed by atoms with Crippen molar-refractivity contribution in [2.75, 3.05) is 5.32 Å². The number of amides is 1. The number of halogens is 1. The molecule has 1 amide bonds. The molecule has 0 atom stereocenters. The third-order valence-corrected chi connectivity index (χ3v) is 3.77. The summed E-state index contributed by atoms with van der Waals surface area (Å²) in [6.07, 6.45) is 1.48. The van der Waals surface area contributed by atoms with E-state index in [9.17, 15) is 9.59 Å². The number of hydrogen-bond donors (Lipinski definition) is 2. The molecule has 2 aromatic heterocycles. The summed E-state index contributed by atoms with van der Waals surface area (Å²) in [5, 5.41) is 11.8. The number of carboxylic acids is 1. The van der Waals surface area contributed by atoms with E-state index >= 15 is 0 Å². The first-order valence-electron chi connectivity index (χ1n) is 5.12. The van der Waals surface area contributed by atoms with Gasteiger partial charge in [0.1, 0.15) is 16.3 Å². The van der Waals surface area contributed by atoms with Crippen molar-refractivity contribution in [2.45, 2.75) is 6.92 Å². The normalized spacial score (nSPS) is 10.2. The zero-order valence-corrected chi connectivity index (χ0v) is 12.1. The molecule has 2 heterocycles. The molecule has 0 saturated carbocycles. The summed E-state index contributed by atoms with van der Waals surface area (Å²) in [4.78, 5) is 27.0. The monoisotopic (exact) mass is 341 g/mol. The van der Waals surface area contributed by atoms with Crippen LogP contribution in [0.25, 0.3) is 0 Å². The average molecular weight is 342 g/mol. The van der Waals surface area contributed by atoms with Gasteiger partial charge in [-0.05, 0) is 46.5 Å². The smallest absolute Gasteiger partial charge is 0.340 e. The van der Waals surface area contributed by atoms with E-state index in [-0.39, 0.29) is 16.3 Å². The lowest BCUT2D eigenvalue weighted by molar-refractivity contribution is 0.0697. The summed E-state index contributed by atoms with van der Waals surface area (Å²) in [6, 6.07) is 3.36. The third kappa shape index (κ3) is 2.79. The molecule has 0 fully saturated rings. The number of nitrogens with zero attached hydrogens (tertiary/aromatic N) is 2. The van der Waals surface area contributed by atoms with Crippen LogP contribution in [-0.4, -0.2) is 26.3 Å². The van der Waals surface area contributed by atoms with Crippen LogP contribution in [0.5, 0.6) is 0 Å². The summed E-state index contributed by atoms with van der Waals surface area (Å²) in [5.74, 6) is -1.61. The lowest BCUT2D eigenvalue weighted by Gasteiger charge is -2.04. The molecule has 0 aromatic carbocycles. The van der Waals surface area contributed by atoms with Gasteiger partial charge in [-0.15, -0.1) is 0 Å². The van der Waals surface area contributed by atoms with Crippen LogP contribution in [-0.2, 0) is 0 Å². The second-order valence-corrected chi connectivity index (χ2v) is 5.19. The number of hydrogen-bond acceptors (Lipinski definition) is 5. The summed E-state index contributed by atoms with van der Waals surface area (Å²) in [6.45, 7) is 1.58. The zero-order valence-electron chi connectivity index (χ0n) is 9.68. The van der Waals surface area contributed by atoms with Crippen LogP contribution in [0.2, 0.25) is 0 Å². The number of carbonyl (C=O) groups excluding carboxylic acids is 1. The van der Waals surface area contributed by atoms with Gasteiger partial charge in [-0.3, -0.25) is 4.79 Å². The molecule has 19 heavy (non-hydrogen) atoms. The Morgan fingerprint density at radius 2 is 2.21 bits per heavy atom. The van der Waals surface area contributed by atoms with Crippen molar-refractivity contribution in [3.63, 3.8) is 0 Å². The van der Waals surface area contributed by atoms with E-state index in [1.807, 2.05) is 0 Å². The summed E-state index contributed by atoms with van der Waals surface area (Å²) in [7, 11) is 0. The van der Waals surface area contributed by atoms with Gasteiger partial charge >= 0.3 is 5.97 Å². The second-order valence-electron chi connectivity index (χ2n) is 3.57. The summed E-state index contributed by atoms with van der Waals surface area (Å²) < 4.78 is 4.45. The van der Waals surface area contributed by atoms with Gasteiger partial charge in [0.2, 0.25) is 0 Å². The molecule has 2 aromatic rings. The average Bonchev–Trinajstić information content (AvgIpc) is 2.70. The fraction of sp³-hybridized carbons (Fsp3) is 0.0909. The minimum Gasteiger partial charge on any atom is -0.478 e. The summed E-state index contributed by atoms with van der Waals surface area (Å²) >= 11 is 4.14. The van der Waals surface area contributed by atoms with Gasteiger partial charge in [-0.2, -0.15) is 4.37 Å². The number of aromatic carboxylic acids is 1. The van der Waals surface area contributed by atoms with E-state index < -0.39 is 11.9 Å². The van der Waals surface area contributed by atoms with Gasteiger partial charge in [-0.25, -0.2) is 9.78 Å². The Morgan fingerprint density at radius 3 is 2.84 bits per heavy atom. The number of nitrogens with one attached hydrogen (secondary N) is 1. The second kappa shape index (κ2) is 5.45. The third-order valence-electron chi connectivity index (χ3n) is 2.28. The molecular formula is C11H8BrN3O3S. The first kappa shape index (κ1) is 13.6. The van der Waals surface area contributed by atoms with Crippen molar-refractivity contribution in [1.82, 2.24) is 9.36 Å². The van der Waals surface area contributed by atoms with Gasteiger partial charge in [0, 0.05) is 10.7 Å². The Kier molecular flexibility index (Phi) is 3.91. The van der Waals surface area contributed by atoms with Crippen LogP contribution >= 0.6 is 27.5 Å². The van der Waals surface area contributed by atoms with Gasteiger partial charge < -0.3 is 10.4 Å². The van der Waals surface area contributed by atoms with E-state index in [1.165, 1.54) is 6.20 Å². The number of aryl methyl sites for hydroxylation is 1. The van der Waals surface area contributed by atoms with Crippen LogP contribution in [0.3, 0.4) is 0 Å². The molecule has 0 aliphatic rings. The maximum atomic E-state index is 12.0. The Hall–Kier alpha value is -1.80. The quantitative estimate of drug-likeness (QED) is 0.894. The van der Waals surface area contributed by atoms with Crippen molar-refractivity contribution in [3.8, 4) is 0 Å². The Balaban J connectivity index is 2.30. The SMILES string of the molecule is Cc1nsc(NC(=O)c2ncccc2Br)c1C(=O)O. The lowest BCUT2D eigenvalue weighted by Crippen LogP contribution is -2.15. The highest BCUT2D eigenvalue weighted by Crippen LogP contribution is 2.25. The summed E-state index contributed by atoms with van der Waals surface area (Å²) in [5.41, 5.74) is 0.559. The zero-order chi connectivity index (χ0) is 14.0. The maximum Gasteiger partial charge on any atom is 0.340 e. The molecule has 98 valence electrons. The standard InChI is InChI=1S/C11H8BrN3O3S/c1-5-7(11(17)18)10(19-15-5)14-9(16)8-6(12)3-2-4-13-8/h2-4H,1H3,(H,14,16)(H,17,18). The van der Waals surface area contributed by atoms with Crippen molar-refractivity contribution in [1.29, 1.82) is 0 Å². The number of rotatable bonds is 3. The van der Waals surface area contributed by atoms with E-state index in [4.69, 9.17) is 5.11 Å². The highest BCUT2D eigenvalue weighted by atomic mass is 79.9. The van der Waals surface area contributed by atoms with E-state index in [0.717, 1.165) is 11.5 Å². The van der Waals surface area contributed by atoms with Gasteiger partial charge in [0.15, 0.2) is 0 Å². The largest absolute Gasteiger partial charge is 0.478 e. The van der Waals surface area contributed by atoms with Crippen molar-refractivity contribution in [3.05, 3.63) is 39.8 Å². The molecule has 0 bridgehead atoms. The molecule has 2 N–H and O–H groups in total. The minimum atomic E-state index is -1.12. The topological polar surface area (TPSA) is 92.2 Å². The van der Waals surface area contributed by atoms with Crippen LogP contribution < -0.4 is 5.32 Å². The minimum absolute atomic E-state index is 0.00500. The van der Waals surface area contributed by atoms with Gasteiger partial charge in [0.05, 0.1) is 5.69 Å². The number of carbonyl (C=O) groups is 2. The highest BCUT2D eigenvalue weighted by Gasteiger charge is 2.21. The first-order chi connectivity index (χ1) is 9.00. The molecule has 0 saturated heterocycles. The fourth-order valence-corrected chi connectivity index (χ4v) is 2.64. The fourth-order valence-electron chi connectivity index (χ4n) is 1.42. The van der Waals surface area contributed by atoms with E-state index in [0.29, 0.717) is 10.2 Å². The van der Waals surface area contributed by atoms with Crippen molar-refractivity contribution >= 4 is 44.3 Å². The van der Waals surface area contributed by atoms with Gasteiger partial charge in [0.25, 0.3) is 5.91 Å². The Bertz CT molecular complexity index is 656. The van der Waals surface area contributed by atoms with Crippen LogP contribution in [0.4, 0.5) is 5.00 Å². The first-order valence-corrected chi connectivity index (χ1v) is 6.68. The number of carboxylic acid groups (broad SMARTS) is 1. The predicted octanol–water partition coefficient (Wildman–Crippen LogP) is 2.56. The number of anilines is 1. The van der Waals surface area contributed by atoms with E-state index in [1.54, 1.807) is 19.1 Å². The van der Waals surface area contributed by atoms with Crippen LogP contribution in [0.1, 0.15) is 26.5 Å². The van der Waals surface area contributed by atoms with Crippen LogP contribution in [0, 0.1) is 6.92 Å². The molecule has 0 radical (unpaired) electrons. The molecule has 2 rings (SSSR count). The van der Waals surface area contributed by atoms with Crippen molar-refractivity contribution < 1.29 is 14.7 Å². The lowest BCUT2D eigenvalue weighted by atomic mass is 10.2. The molecule has 0 spiro atoms. The molecule has 0 aliphatic carbocycles. The Labute approximate surface area is 120 Å². The molecule has 0 unspecified atom stereocenters.